The highest BCUT2D eigenvalue weighted by Gasteiger charge is 2.31. The summed E-state index contributed by atoms with van der Waals surface area (Å²) in [4.78, 5) is 12.0. The lowest BCUT2D eigenvalue weighted by atomic mass is 10.2. The molecule has 0 unspecified atom stereocenters. The highest BCUT2D eigenvalue weighted by Crippen LogP contribution is 2.19. The first-order chi connectivity index (χ1) is 9.52. The van der Waals surface area contributed by atoms with Gasteiger partial charge in [0.05, 0.1) is 22.5 Å². The first kappa shape index (κ1) is 17.1. The number of nitrogens with zero attached hydrogens (tertiary/aromatic N) is 1. The lowest BCUT2D eigenvalue weighted by molar-refractivity contribution is 0.0909. The van der Waals surface area contributed by atoms with Crippen LogP contribution < -0.4 is 5.73 Å². The van der Waals surface area contributed by atoms with E-state index in [0.29, 0.717) is 6.26 Å². The van der Waals surface area contributed by atoms with Crippen LogP contribution in [0.3, 0.4) is 0 Å². The maximum Gasteiger partial charge on any atom is 0.275 e. The summed E-state index contributed by atoms with van der Waals surface area (Å²) in [6.07, 6.45) is 0.698. The zero-order chi connectivity index (χ0) is 16.4. The molecule has 0 radical (unpaired) electrons. The summed E-state index contributed by atoms with van der Waals surface area (Å²) in [5, 5.41) is 7.21. The van der Waals surface area contributed by atoms with E-state index in [1.807, 2.05) is 0 Å². The van der Waals surface area contributed by atoms with Crippen LogP contribution in [0.2, 0.25) is 0 Å². The number of sulfonamides is 1. The fourth-order valence-electron chi connectivity index (χ4n) is 1.62. The second kappa shape index (κ2) is 5.82. The van der Waals surface area contributed by atoms with Crippen molar-refractivity contribution in [3.63, 3.8) is 0 Å². The molecule has 0 heterocycles. The van der Waals surface area contributed by atoms with Crippen molar-refractivity contribution in [3.05, 3.63) is 29.8 Å². The fraction of sp³-hybridized carbons (Fsp3) is 0.273. The maximum absolute atomic E-state index is 12.3. The quantitative estimate of drug-likeness (QED) is 0.576. The molecule has 0 saturated heterocycles. The average Bonchev–Trinajstić information content (AvgIpc) is 2.36. The molecule has 0 fully saturated rings. The number of hydrogen-bond acceptors (Lipinski definition) is 6. The van der Waals surface area contributed by atoms with E-state index in [2.05, 4.69) is 0 Å². The molecular weight excluding hydrogens is 318 g/mol. The monoisotopic (exact) mass is 333 g/mol. The second-order valence-corrected chi connectivity index (χ2v) is 8.20. The topological polar surface area (TPSA) is 138 Å². The molecule has 0 aliphatic heterocycles. The lowest BCUT2D eigenvalue weighted by Gasteiger charge is -2.19. The minimum atomic E-state index is -4.14. The third-order valence-electron chi connectivity index (χ3n) is 2.57. The van der Waals surface area contributed by atoms with Gasteiger partial charge in [0.25, 0.3) is 5.91 Å². The van der Waals surface area contributed by atoms with Gasteiger partial charge in [-0.2, -0.15) is 4.31 Å². The molecule has 3 N–H and O–H groups in total. The van der Waals surface area contributed by atoms with Gasteiger partial charge in [-0.05, 0) is 12.1 Å². The third-order valence-corrected chi connectivity index (χ3v) is 5.38. The zero-order valence-electron chi connectivity index (χ0n) is 11.4. The molecule has 0 aliphatic carbocycles. The Morgan fingerprint density at radius 1 is 1.24 bits per heavy atom. The van der Waals surface area contributed by atoms with E-state index in [0.717, 1.165) is 0 Å². The van der Waals surface area contributed by atoms with Crippen molar-refractivity contribution in [2.45, 2.75) is 11.8 Å². The number of benzene rings is 1. The number of hydrogen-bond donors (Lipinski definition) is 2. The normalized spacial score (nSPS) is 11.9. The summed E-state index contributed by atoms with van der Waals surface area (Å²) in [7, 11) is -7.87. The molecule has 0 aliphatic rings. The zero-order valence-corrected chi connectivity index (χ0v) is 13.0. The molecule has 1 aromatic carbocycles. The molecular formula is C11H15N3O5S2. The Labute approximate surface area is 123 Å². The molecule has 21 heavy (non-hydrogen) atoms. The predicted octanol–water partition coefficient (Wildman–Crippen LogP) is -0.225. The Morgan fingerprint density at radius 3 is 2.19 bits per heavy atom. The first-order valence-corrected chi connectivity index (χ1v) is 9.23. The minimum absolute atomic E-state index is 0.0526. The Kier molecular flexibility index (Phi) is 4.74. The average molecular weight is 333 g/mol. The van der Waals surface area contributed by atoms with Crippen LogP contribution in [0.4, 0.5) is 0 Å². The molecule has 1 rings (SSSR count). The fourth-order valence-corrected chi connectivity index (χ4v) is 3.46. The molecule has 1 aromatic rings. The third kappa shape index (κ3) is 3.58. The number of nitrogens with one attached hydrogen (secondary N) is 1. The van der Waals surface area contributed by atoms with E-state index in [1.165, 1.54) is 31.2 Å². The maximum atomic E-state index is 12.3. The van der Waals surface area contributed by atoms with Crippen molar-refractivity contribution in [3.8, 4) is 0 Å². The first-order valence-electron chi connectivity index (χ1n) is 5.72. The molecule has 1 amide bonds. The van der Waals surface area contributed by atoms with Crippen LogP contribution in [-0.2, 0) is 19.9 Å². The SMILES string of the molecule is CCS(=O)(=O)c1ccccc1C(=O)N(C(=N)N)S(C)(=O)=O. The van der Waals surface area contributed by atoms with Crippen molar-refractivity contribution in [2.24, 2.45) is 5.73 Å². The van der Waals surface area contributed by atoms with Gasteiger partial charge in [0.15, 0.2) is 9.84 Å². The Balaban J connectivity index is 3.55. The largest absolute Gasteiger partial charge is 0.369 e. The van der Waals surface area contributed by atoms with E-state index < -0.39 is 31.7 Å². The summed E-state index contributed by atoms with van der Waals surface area (Å²) in [6.45, 7) is 1.40. The number of nitrogens with two attached hydrogens (primary N) is 1. The van der Waals surface area contributed by atoms with Crippen LogP contribution in [0, 0.1) is 5.41 Å². The van der Waals surface area contributed by atoms with Crippen molar-refractivity contribution >= 4 is 31.7 Å². The molecule has 116 valence electrons. The van der Waals surface area contributed by atoms with Gasteiger partial charge in [-0.25, -0.2) is 16.8 Å². The van der Waals surface area contributed by atoms with Crippen molar-refractivity contribution in [1.29, 1.82) is 5.41 Å². The highest BCUT2D eigenvalue weighted by atomic mass is 32.2. The van der Waals surface area contributed by atoms with Crippen LogP contribution in [0.25, 0.3) is 0 Å². The molecule has 0 aromatic heterocycles. The molecule has 0 atom stereocenters. The van der Waals surface area contributed by atoms with Gasteiger partial charge in [0, 0.05) is 0 Å². The highest BCUT2D eigenvalue weighted by molar-refractivity contribution is 7.91. The van der Waals surface area contributed by atoms with Gasteiger partial charge in [-0.1, -0.05) is 19.1 Å². The molecule has 10 heteroatoms. The number of guanidine groups is 1. The number of carbonyl (C=O) groups is 1. The Hall–Kier alpha value is -1.94. The molecule has 0 saturated carbocycles. The summed E-state index contributed by atoms with van der Waals surface area (Å²) in [5.41, 5.74) is 4.77. The van der Waals surface area contributed by atoms with Gasteiger partial charge in [0.2, 0.25) is 16.0 Å². The van der Waals surface area contributed by atoms with Crippen LogP contribution in [0.5, 0.6) is 0 Å². The standard InChI is InChI=1S/C11H15N3O5S2/c1-3-21(18,19)9-7-5-4-6-8(9)10(15)14(11(12)13)20(2,16)17/h4-7H,3H2,1-2H3,(H3,12,13). The van der Waals surface area contributed by atoms with Crippen LogP contribution >= 0.6 is 0 Å². The Bertz CT molecular complexity index is 784. The van der Waals surface area contributed by atoms with E-state index in [9.17, 15) is 21.6 Å². The number of rotatable bonds is 4. The van der Waals surface area contributed by atoms with Gasteiger partial charge in [-0.3, -0.25) is 10.2 Å². The predicted molar refractivity (Wildman–Crippen MR) is 77.1 cm³/mol. The van der Waals surface area contributed by atoms with E-state index in [-0.39, 0.29) is 20.5 Å². The summed E-state index contributed by atoms with van der Waals surface area (Å²) < 4.78 is 47.1. The minimum Gasteiger partial charge on any atom is -0.369 e. The van der Waals surface area contributed by atoms with Crippen LogP contribution in [0.15, 0.2) is 29.2 Å². The van der Waals surface area contributed by atoms with Crippen LogP contribution in [0.1, 0.15) is 17.3 Å². The molecule has 8 nitrogen and oxygen atoms in total. The summed E-state index contributed by atoms with van der Waals surface area (Å²) in [6, 6.07) is 5.18. The summed E-state index contributed by atoms with van der Waals surface area (Å²) in [5.74, 6) is -2.44. The van der Waals surface area contributed by atoms with Gasteiger partial charge in [-0.15, -0.1) is 0 Å². The number of carbonyl (C=O) groups excluding carboxylic acids is 1. The van der Waals surface area contributed by atoms with E-state index >= 15 is 0 Å². The number of sulfone groups is 1. The van der Waals surface area contributed by atoms with Crippen molar-refractivity contribution < 1.29 is 21.6 Å². The molecule has 0 bridgehead atoms. The second-order valence-electron chi connectivity index (χ2n) is 4.12. The van der Waals surface area contributed by atoms with Gasteiger partial charge in [0.1, 0.15) is 0 Å². The number of amides is 1. The summed E-state index contributed by atoms with van der Waals surface area (Å²) >= 11 is 0. The van der Waals surface area contributed by atoms with E-state index in [1.54, 1.807) is 0 Å². The Morgan fingerprint density at radius 2 is 1.76 bits per heavy atom. The van der Waals surface area contributed by atoms with Crippen molar-refractivity contribution in [2.75, 3.05) is 12.0 Å². The van der Waals surface area contributed by atoms with Crippen molar-refractivity contribution in [1.82, 2.24) is 4.31 Å². The van der Waals surface area contributed by atoms with Gasteiger partial charge < -0.3 is 5.73 Å². The van der Waals surface area contributed by atoms with Gasteiger partial charge >= 0.3 is 0 Å². The van der Waals surface area contributed by atoms with Crippen LogP contribution in [-0.4, -0.2) is 45.0 Å². The smallest absolute Gasteiger partial charge is 0.275 e. The lowest BCUT2D eigenvalue weighted by Crippen LogP contribution is -2.45. The molecule has 0 spiro atoms. The van der Waals surface area contributed by atoms with E-state index in [4.69, 9.17) is 11.1 Å².